The van der Waals surface area contributed by atoms with Crippen LogP contribution < -0.4 is 20.1 Å². The van der Waals surface area contributed by atoms with E-state index in [2.05, 4.69) is 21.9 Å². The van der Waals surface area contributed by atoms with Gasteiger partial charge in [-0.3, -0.25) is 19.1 Å². The molecule has 55 heavy (non-hydrogen) atoms. The Labute approximate surface area is 322 Å². The molecule has 0 spiro atoms. The molecule has 1 aromatic heterocycles. The maximum atomic E-state index is 14.8. The van der Waals surface area contributed by atoms with Crippen molar-refractivity contribution < 1.29 is 37.1 Å². The van der Waals surface area contributed by atoms with Crippen molar-refractivity contribution in [3.63, 3.8) is 0 Å². The fourth-order valence-electron chi connectivity index (χ4n) is 9.34. The van der Waals surface area contributed by atoms with Gasteiger partial charge in [-0.15, -0.1) is 6.58 Å². The van der Waals surface area contributed by atoms with Gasteiger partial charge in [0.15, 0.2) is 0 Å². The first-order valence-electron chi connectivity index (χ1n) is 20.2. The van der Waals surface area contributed by atoms with Gasteiger partial charge in [0.05, 0.1) is 22.8 Å². The lowest BCUT2D eigenvalue weighted by molar-refractivity contribution is -0.142. The first-order chi connectivity index (χ1) is 26.5. The second-order valence-corrected chi connectivity index (χ2v) is 18.5. The van der Waals surface area contributed by atoms with Gasteiger partial charge in [0.1, 0.15) is 35.5 Å². The predicted molar refractivity (Wildman–Crippen MR) is 202 cm³/mol. The van der Waals surface area contributed by atoms with Gasteiger partial charge in [-0.05, 0) is 94.6 Å². The molecule has 6 aliphatic rings. The standard InChI is InChI=1S/C40H52N6O8S/c1-2-26-22-40(26,38(49)45-55(51,52)28-19-20-28)44-35(47)32-21-27-23-46(32)37(48)34(25-12-6-7-13-25)43-39(50)54-33-18-10-14-24(33)11-4-3-5-17-31-36(53-27)42-30-16-9-8-15-29(30)41-31/h2,8-9,15-16,24-28,32-34H,1,3-7,10-14,17-23H2,(H,43,50)(H,44,47)(H,45,49)/t24?,26?,27-,32+,33-,34+,40-/m1/s1. The van der Waals surface area contributed by atoms with Crippen LogP contribution in [0.15, 0.2) is 36.9 Å². The highest BCUT2D eigenvalue weighted by Crippen LogP contribution is 2.46. The molecule has 1 saturated heterocycles. The summed E-state index contributed by atoms with van der Waals surface area (Å²) in [6, 6.07) is 5.56. The molecule has 4 saturated carbocycles. The van der Waals surface area contributed by atoms with E-state index in [9.17, 15) is 27.6 Å². The molecular weight excluding hydrogens is 725 g/mol. The molecule has 3 N–H and O–H groups in total. The number of benzene rings is 1. The monoisotopic (exact) mass is 776 g/mol. The number of aryl methyl sites for hydroxylation is 1. The maximum Gasteiger partial charge on any atom is 0.408 e. The van der Waals surface area contributed by atoms with Crippen LogP contribution in [0, 0.1) is 17.8 Å². The molecule has 8 rings (SSSR count). The average molecular weight is 777 g/mol. The number of carbonyl (C=O) groups is 4. The first kappa shape index (κ1) is 37.6. The van der Waals surface area contributed by atoms with Crippen LogP contribution >= 0.6 is 0 Å². The Morgan fingerprint density at radius 3 is 2.35 bits per heavy atom. The molecular formula is C40H52N6O8S. The summed E-state index contributed by atoms with van der Waals surface area (Å²) < 4.78 is 40.4. The van der Waals surface area contributed by atoms with Crippen LogP contribution in [0.4, 0.5) is 4.79 Å². The van der Waals surface area contributed by atoms with Crippen molar-refractivity contribution in [1.29, 1.82) is 0 Å². The Balaban J connectivity index is 1.12. The molecule has 296 valence electrons. The number of nitrogens with one attached hydrogen (secondary N) is 3. The molecule has 4 amide bonds. The third kappa shape index (κ3) is 7.90. The summed E-state index contributed by atoms with van der Waals surface area (Å²) in [6.07, 6.45) is 11.7. The van der Waals surface area contributed by atoms with Crippen molar-refractivity contribution in [3.05, 3.63) is 42.6 Å². The topological polar surface area (TPSA) is 186 Å². The van der Waals surface area contributed by atoms with E-state index in [1.165, 1.54) is 11.0 Å². The summed E-state index contributed by atoms with van der Waals surface area (Å²) in [6.45, 7) is 3.84. The molecule has 3 heterocycles. The van der Waals surface area contributed by atoms with E-state index in [1.54, 1.807) is 0 Å². The quantitative estimate of drug-likeness (QED) is 0.344. The largest absolute Gasteiger partial charge is 0.471 e. The number of carbonyl (C=O) groups excluding carboxylic acids is 4. The number of hydrogen-bond acceptors (Lipinski definition) is 10. The van der Waals surface area contributed by atoms with Gasteiger partial charge >= 0.3 is 6.09 Å². The van der Waals surface area contributed by atoms with Gasteiger partial charge in [0, 0.05) is 12.3 Å². The number of amides is 4. The molecule has 14 nitrogen and oxygen atoms in total. The van der Waals surface area contributed by atoms with E-state index in [0.717, 1.165) is 76.1 Å². The number of fused-ring (bicyclic) bond motifs is 5. The smallest absolute Gasteiger partial charge is 0.408 e. The maximum absolute atomic E-state index is 14.8. The van der Waals surface area contributed by atoms with Crippen LogP contribution in [-0.2, 0) is 35.6 Å². The summed E-state index contributed by atoms with van der Waals surface area (Å²) in [4.78, 5) is 67.7. The third-order valence-electron chi connectivity index (χ3n) is 12.7. The van der Waals surface area contributed by atoms with Crippen LogP contribution in [0.1, 0.15) is 102 Å². The van der Waals surface area contributed by atoms with Crippen molar-refractivity contribution in [2.45, 2.75) is 138 Å². The number of ether oxygens (including phenoxy) is 2. The van der Waals surface area contributed by atoms with Crippen molar-refractivity contribution in [3.8, 4) is 5.88 Å². The minimum Gasteiger partial charge on any atom is -0.471 e. The first-order valence-corrected chi connectivity index (χ1v) is 21.8. The van der Waals surface area contributed by atoms with Gasteiger partial charge in [0.2, 0.25) is 27.7 Å². The zero-order chi connectivity index (χ0) is 38.3. The van der Waals surface area contributed by atoms with Crippen molar-refractivity contribution in [1.82, 2.24) is 30.2 Å². The zero-order valence-corrected chi connectivity index (χ0v) is 32.1. The summed E-state index contributed by atoms with van der Waals surface area (Å²) >= 11 is 0. The predicted octanol–water partition coefficient (Wildman–Crippen LogP) is 4.22. The normalized spacial score (nSPS) is 31.9. The van der Waals surface area contributed by atoms with E-state index in [-0.39, 0.29) is 37.3 Å². The Kier molecular flexibility index (Phi) is 10.5. The summed E-state index contributed by atoms with van der Waals surface area (Å²) in [5.74, 6) is -1.88. The molecule has 0 radical (unpaired) electrons. The lowest BCUT2D eigenvalue weighted by atomic mass is 9.96. The summed E-state index contributed by atoms with van der Waals surface area (Å²) in [7, 11) is -3.89. The number of aromatic nitrogens is 2. The highest BCUT2D eigenvalue weighted by molar-refractivity contribution is 7.91. The molecule has 2 aliphatic heterocycles. The SMILES string of the molecule is C=CC1C[C@]1(NC(=O)[C@@H]1C[C@@H]2CN1C(=O)[C@H](C1CCCC1)NC(=O)O[C@@H]1CCCC1CCCCCc1nc3ccccc3nc1O2)C(=O)NS(=O)(=O)C1CC1. The van der Waals surface area contributed by atoms with E-state index in [4.69, 9.17) is 19.4 Å². The number of sulfonamides is 1. The molecule has 15 heteroatoms. The second-order valence-electron chi connectivity index (χ2n) is 16.5. The number of rotatable bonds is 7. The van der Waals surface area contributed by atoms with E-state index in [0.29, 0.717) is 36.4 Å². The van der Waals surface area contributed by atoms with Gasteiger partial charge in [-0.25, -0.2) is 23.2 Å². The van der Waals surface area contributed by atoms with Crippen LogP contribution in [0.5, 0.6) is 5.88 Å². The lowest BCUT2D eigenvalue weighted by Gasteiger charge is -2.32. The van der Waals surface area contributed by atoms with Gasteiger partial charge < -0.3 is 25.0 Å². The van der Waals surface area contributed by atoms with Crippen LogP contribution in [0.25, 0.3) is 11.0 Å². The Morgan fingerprint density at radius 2 is 1.62 bits per heavy atom. The number of alkyl carbamates (subject to hydrolysis) is 1. The van der Waals surface area contributed by atoms with Gasteiger partial charge in [0.25, 0.3) is 5.91 Å². The van der Waals surface area contributed by atoms with E-state index in [1.807, 2.05) is 24.3 Å². The minimum absolute atomic E-state index is 0.0235. The summed E-state index contributed by atoms with van der Waals surface area (Å²) in [5, 5.41) is 5.18. The van der Waals surface area contributed by atoms with Crippen LogP contribution in [-0.4, -0.2) is 88.7 Å². The molecule has 7 atom stereocenters. The highest BCUT2D eigenvalue weighted by Gasteiger charge is 2.62. The molecule has 1 aromatic carbocycles. The molecule has 2 unspecified atom stereocenters. The molecule has 5 fully saturated rings. The Bertz CT molecular complexity index is 1950. The molecule has 2 aromatic rings. The fraction of sp³-hybridized carbons (Fsp3) is 0.650. The average Bonchev–Trinajstić information content (AvgIpc) is 3.95. The van der Waals surface area contributed by atoms with Crippen LogP contribution in [0.2, 0.25) is 0 Å². The zero-order valence-electron chi connectivity index (χ0n) is 31.2. The molecule has 2 bridgehead atoms. The number of hydrogen-bond donors (Lipinski definition) is 3. The van der Waals surface area contributed by atoms with E-state index < -0.39 is 68.7 Å². The van der Waals surface area contributed by atoms with E-state index >= 15 is 0 Å². The van der Waals surface area contributed by atoms with Crippen molar-refractivity contribution >= 4 is 44.9 Å². The minimum atomic E-state index is -3.89. The number of para-hydroxylation sites is 2. The third-order valence-corrected chi connectivity index (χ3v) is 14.5. The molecule has 4 aliphatic carbocycles. The number of nitrogens with zero attached hydrogens (tertiary/aromatic N) is 3. The summed E-state index contributed by atoms with van der Waals surface area (Å²) in [5.41, 5.74) is 0.603. The van der Waals surface area contributed by atoms with Crippen molar-refractivity contribution in [2.24, 2.45) is 17.8 Å². The second kappa shape index (κ2) is 15.3. The van der Waals surface area contributed by atoms with Crippen molar-refractivity contribution in [2.75, 3.05) is 6.54 Å². The van der Waals surface area contributed by atoms with Crippen LogP contribution in [0.3, 0.4) is 0 Å². The van der Waals surface area contributed by atoms with Gasteiger partial charge in [-0.1, -0.05) is 43.9 Å². The highest BCUT2D eigenvalue weighted by atomic mass is 32.2. The lowest BCUT2D eigenvalue weighted by Crippen LogP contribution is -2.59. The Morgan fingerprint density at radius 1 is 0.909 bits per heavy atom. The fourth-order valence-corrected chi connectivity index (χ4v) is 10.7. The Hall–Kier alpha value is -4.27. The van der Waals surface area contributed by atoms with Gasteiger partial charge in [-0.2, -0.15) is 0 Å².